The van der Waals surface area contributed by atoms with Gasteiger partial charge in [-0.25, -0.2) is 8.78 Å². The molecule has 0 fully saturated rings. The first-order valence-corrected chi connectivity index (χ1v) is 5.10. The molecule has 0 N–H and O–H groups in total. The van der Waals surface area contributed by atoms with Crippen LogP contribution in [0.15, 0.2) is 18.2 Å². The number of nitriles is 1. The predicted molar refractivity (Wildman–Crippen MR) is 58.1 cm³/mol. The van der Waals surface area contributed by atoms with Gasteiger partial charge in [-0.2, -0.15) is 5.26 Å². The maximum atomic E-state index is 13.0. The molecule has 0 saturated carbocycles. The van der Waals surface area contributed by atoms with Crippen LogP contribution in [0.5, 0.6) is 0 Å². The minimum absolute atomic E-state index is 0.0350. The fraction of sp³-hybridized carbons (Fsp3) is 0.333. The molecule has 0 unspecified atom stereocenters. The molecule has 0 heterocycles. The molecule has 0 aliphatic rings. The summed E-state index contributed by atoms with van der Waals surface area (Å²) < 4.78 is 25.7. The highest BCUT2D eigenvalue weighted by Gasteiger charge is 2.19. The fourth-order valence-electron chi connectivity index (χ4n) is 1.36. The van der Waals surface area contributed by atoms with E-state index in [4.69, 9.17) is 5.26 Å². The van der Waals surface area contributed by atoms with Crippen LogP contribution in [0.1, 0.15) is 24.2 Å². The highest BCUT2D eigenvalue weighted by atomic mass is 19.2. The minimum Gasteiger partial charge on any atom is -0.323 e. The van der Waals surface area contributed by atoms with Gasteiger partial charge in [-0.05, 0) is 32.0 Å². The lowest BCUT2D eigenvalue weighted by Gasteiger charge is -2.23. The van der Waals surface area contributed by atoms with Gasteiger partial charge in [0.25, 0.3) is 5.91 Å². The molecular weight excluding hydrogens is 226 g/mol. The highest BCUT2D eigenvalue weighted by Crippen LogP contribution is 2.12. The van der Waals surface area contributed by atoms with E-state index in [9.17, 15) is 13.6 Å². The number of carbonyl (C=O) groups excluding carboxylic acids is 1. The summed E-state index contributed by atoms with van der Waals surface area (Å²) >= 11 is 0. The number of rotatable bonds is 3. The van der Waals surface area contributed by atoms with Crippen molar-refractivity contribution in [1.82, 2.24) is 4.90 Å². The quantitative estimate of drug-likeness (QED) is 0.758. The van der Waals surface area contributed by atoms with Crippen LogP contribution in [0, 0.1) is 23.0 Å². The molecule has 90 valence electrons. The Morgan fingerprint density at radius 3 is 2.53 bits per heavy atom. The lowest BCUT2D eigenvalue weighted by molar-refractivity contribution is 0.0731. The Morgan fingerprint density at radius 1 is 1.41 bits per heavy atom. The van der Waals surface area contributed by atoms with Crippen LogP contribution < -0.4 is 0 Å². The van der Waals surface area contributed by atoms with E-state index in [1.165, 1.54) is 11.0 Å². The molecule has 0 radical (unpaired) electrons. The van der Waals surface area contributed by atoms with Crippen LogP contribution in [0.2, 0.25) is 0 Å². The van der Waals surface area contributed by atoms with Gasteiger partial charge in [-0.3, -0.25) is 4.79 Å². The third kappa shape index (κ3) is 3.00. The second kappa shape index (κ2) is 5.39. The third-order valence-electron chi connectivity index (χ3n) is 2.29. The third-order valence-corrected chi connectivity index (χ3v) is 2.29. The summed E-state index contributed by atoms with van der Waals surface area (Å²) in [6, 6.07) is 4.61. The number of carbonyl (C=O) groups is 1. The smallest absolute Gasteiger partial charge is 0.255 e. The summed E-state index contributed by atoms with van der Waals surface area (Å²) in [7, 11) is 0. The molecule has 0 aliphatic heterocycles. The molecule has 0 spiro atoms. The van der Waals surface area contributed by atoms with Crippen molar-refractivity contribution in [3.8, 4) is 6.07 Å². The normalized spacial score (nSPS) is 10.1. The Kier molecular flexibility index (Phi) is 4.16. The van der Waals surface area contributed by atoms with Crippen molar-refractivity contribution in [1.29, 1.82) is 5.26 Å². The van der Waals surface area contributed by atoms with Gasteiger partial charge in [0, 0.05) is 11.6 Å². The molecule has 1 amide bonds. The summed E-state index contributed by atoms with van der Waals surface area (Å²) in [4.78, 5) is 13.2. The largest absolute Gasteiger partial charge is 0.323 e. The molecule has 0 aliphatic carbocycles. The standard InChI is InChI=1S/C12H12F2N2O/c1-8(2)16(6-5-15)12(17)9-3-4-10(13)11(14)7-9/h3-4,7-8H,6H2,1-2H3. The van der Waals surface area contributed by atoms with Gasteiger partial charge in [0.15, 0.2) is 11.6 Å². The summed E-state index contributed by atoms with van der Waals surface area (Å²) in [5, 5.41) is 8.60. The van der Waals surface area contributed by atoms with Crippen molar-refractivity contribution in [3.05, 3.63) is 35.4 Å². The lowest BCUT2D eigenvalue weighted by Crippen LogP contribution is -2.37. The van der Waals surface area contributed by atoms with E-state index in [0.717, 1.165) is 12.1 Å². The number of benzene rings is 1. The van der Waals surface area contributed by atoms with E-state index in [1.807, 2.05) is 6.07 Å². The maximum Gasteiger partial charge on any atom is 0.255 e. The minimum atomic E-state index is -1.07. The zero-order chi connectivity index (χ0) is 13.0. The molecule has 0 atom stereocenters. The van der Waals surface area contributed by atoms with Crippen molar-refractivity contribution in [2.75, 3.05) is 6.54 Å². The molecule has 17 heavy (non-hydrogen) atoms. The summed E-state index contributed by atoms with van der Waals surface area (Å²) in [5.41, 5.74) is 0.0350. The summed E-state index contributed by atoms with van der Waals surface area (Å²) in [6.45, 7) is 3.40. The van der Waals surface area contributed by atoms with Crippen LogP contribution >= 0.6 is 0 Å². The van der Waals surface area contributed by atoms with Gasteiger partial charge in [-0.15, -0.1) is 0 Å². The van der Waals surface area contributed by atoms with Crippen LogP contribution in [-0.2, 0) is 0 Å². The van der Waals surface area contributed by atoms with E-state index in [-0.39, 0.29) is 18.2 Å². The summed E-state index contributed by atoms with van der Waals surface area (Å²) in [5.74, 6) is -2.56. The van der Waals surface area contributed by atoms with E-state index >= 15 is 0 Å². The fourth-order valence-corrected chi connectivity index (χ4v) is 1.36. The maximum absolute atomic E-state index is 13.0. The zero-order valence-corrected chi connectivity index (χ0v) is 9.58. The second-order valence-corrected chi connectivity index (χ2v) is 3.81. The molecule has 3 nitrogen and oxygen atoms in total. The molecular formula is C12H12F2N2O. The van der Waals surface area contributed by atoms with Crippen LogP contribution in [-0.4, -0.2) is 23.4 Å². The Morgan fingerprint density at radius 2 is 2.06 bits per heavy atom. The first-order chi connectivity index (χ1) is 7.97. The topological polar surface area (TPSA) is 44.1 Å². The van der Waals surface area contributed by atoms with Gasteiger partial charge < -0.3 is 4.90 Å². The average Bonchev–Trinajstić information content (AvgIpc) is 2.28. The lowest BCUT2D eigenvalue weighted by atomic mass is 10.1. The molecule has 5 heteroatoms. The molecule has 1 aromatic carbocycles. The summed E-state index contributed by atoms with van der Waals surface area (Å²) in [6.07, 6.45) is 0. The monoisotopic (exact) mass is 238 g/mol. The number of halogens is 2. The average molecular weight is 238 g/mol. The Bertz CT molecular complexity index is 466. The number of amides is 1. The van der Waals surface area contributed by atoms with Gasteiger partial charge >= 0.3 is 0 Å². The molecule has 1 aromatic rings. The van der Waals surface area contributed by atoms with Crippen molar-refractivity contribution < 1.29 is 13.6 Å². The van der Waals surface area contributed by atoms with Crippen molar-refractivity contribution in [3.63, 3.8) is 0 Å². The Hall–Kier alpha value is -1.96. The van der Waals surface area contributed by atoms with Crippen LogP contribution in [0.25, 0.3) is 0 Å². The van der Waals surface area contributed by atoms with Crippen molar-refractivity contribution in [2.45, 2.75) is 19.9 Å². The molecule has 0 bridgehead atoms. The van der Waals surface area contributed by atoms with Crippen molar-refractivity contribution in [2.24, 2.45) is 0 Å². The van der Waals surface area contributed by atoms with E-state index < -0.39 is 17.5 Å². The molecule has 0 aromatic heterocycles. The number of hydrogen-bond donors (Lipinski definition) is 0. The molecule has 0 saturated heterocycles. The van der Waals surface area contributed by atoms with E-state index in [2.05, 4.69) is 0 Å². The Balaban J connectivity index is 3.02. The van der Waals surface area contributed by atoms with E-state index in [1.54, 1.807) is 13.8 Å². The molecule has 1 rings (SSSR count). The number of nitrogens with zero attached hydrogens (tertiary/aromatic N) is 2. The second-order valence-electron chi connectivity index (χ2n) is 3.81. The van der Waals surface area contributed by atoms with Gasteiger partial charge in [-0.1, -0.05) is 0 Å². The van der Waals surface area contributed by atoms with Crippen molar-refractivity contribution >= 4 is 5.91 Å². The van der Waals surface area contributed by atoms with Crippen LogP contribution in [0.4, 0.5) is 8.78 Å². The van der Waals surface area contributed by atoms with Gasteiger partial charge in [0.2, 0.25) is 0 Å². The predicted octanol–water partition coefficient (Wildman–Crippen LogP) is 2.34. The highest BCUT2D eigenvalue weighted by molar-refractivity contribution is 5.94. The van der Waals surface area contributed by atoms with Crippen LogP contribution in [0.3, 0.4) is 0 Å². The van der Waals surface area contributed by atoms with Gasteiger partial charge in [0.1, 0.15) is 6.54 Å². The zero-order valence-electron chi connectivity index (χ0n) is 9.58. The van der Waals surface area contributed by atoms with Gasteiger partial charge in [0.05, 0.1) is 6.07 Å². The Labute approximate surface area is 98.3 Å². The number of hydrogen-bond acceptors (Lipinski definition) is 2. The first kappa shape index (κ1) is 13.1. The first-order valence-electron chi connectivity index (χ1n) is 5.10. The SMILES string of the molecule is CC(C)N(CC#N)C(=O)c1ccc(F)c(F)c1. The van der Waals surface area contributed by atoms with E-state index in [0.29, 0.717) is 0 Å².